The molecule has 0 saturated carbocycles. The van der Waals surface area contributed by atoms with E-state index in [1.165, 1.54) is 10.6 Å². The average Bonchev–Trinajstić information content (AvgIpc) is 3.70. The summed E-state index contributed by atoms with van der Waals surface area (Å²) in [4.78, 5) is 120. The smallest absolute Gasteiger partial charge is 0.343 e. The van der Waals surface area contributed by atoms with E-state index < -0.39 is 108 Å². The zero-order chi connectivity index (χ0) is 51.5. The third kappa shape index (κ3) is 10.8. The van der Waals surface area contributed by atoms with Crippen LogP contribution in [0.3, 0.4) is 0 Å². The largest absolute Gasteiger partial charge is 0.481 e. The van der Waals surface area contributed by atoms with Gasteiger partial charge >= 0.3 is 11.9 Å². The molecule has 2 aliphatic heterocycles. The maximum absolute atomic E-state index is 15.4. The number of carbonyl (C=O) groups is 8. The van der Waals surface area contributed by atoms with Crippen molar-refractivity contribution in [3.8, 4) is 11.4 Å². The first kappa shape index (κ1) is 51.3. The first-order chi connectivity index (χ1) is 33.6. The highest BCUT2D eigenvalue weighted by Gasteiger charge is 2.46. The summed E-state index contributed by atoms with van der Waals surface area (Å²) in [6.07, 6.45) is 0.322. The average molecular weight is 982 g/mol. The number of rotatable bonds is 19. The number of aliphatic carboxylic acids is 1. The van der Waals surface area contributed by atoms with Crippen LogP contribution in [0.1, 0.15) is 91.4 Å². The van der Waals surface area contributed by atoms with Crippen LogP contribution >= 0.6 is 0 Å². The number of esters is 1. The topological polar surface area (TPSA) is 319 Å². The van der Waals surface area contributed by atoms with Crippen molar-refractivity contribution in [1.82, 2.24) is 41.5 Å². The van der Waals surface area contributed by atoms with E-state index in [1.807, 2.05) is 0 Å². The van der Waals surface area contributed by atoms with Gasteiger partial charge in [0, 0.05) is 41.0 Å². The van der Waals surface area contributed by atoms with Gasteiger partial charge < -0.3 is 57.2 Å². The van der Waals surface area contributed by atoms with Crippen LogP contribution in [0, 0.1) is 18.2 Å². The molecule has 2 aromatic heterocycles. The first-order valence-electron chi connectivity index (χ1n) is 23.2. The van der Waals surface area contributed by atoms with Crippen molar-refractivity contribution < 1.29 is 57.7 Å². The Morgan fingerprint density at radius 1 is 0.944 bits per heavy atom. The molecule has 0 radical (unpaired) electrons. The highest BCUT2D eigenvalue weighted by atomic mass is 19.1. The number of aromatic nitrogens is 2. The third-order valence-corrected chi connectivity index (χ3v) is 13.3. The quantitative estimate of drug-likeness (QED) is 0.0494. The van der Waals surface area contributed by atoms with E-state index in [0.29, 0.717) is 57.4 Å². The predicted octanol–water partition coefficient (Wildman–Crippen LogP) is 0.0412. The molecular formula is C49H56FN9O12. The van der Waals surface area contributed by atoms with Crippen molar-refractivity contribution in [2.24, 2.45) is 11.1 Å². The summed E-state index contributed by atoms with van der Waals surface area (Å²) in [6, 6.07) is 8.48. The Labute approximate surface area is 405 Å². The predicted molar refractivity (Wildman–Crippen MR) is 251 cm³/mol. The van der Waals surface area contributed by atoms with Crippen LogP contribution in [-0.2, 0) is 74.7 Å². The Morgan fingerprint density at radius 2 is 1.62 bits per heavy atom. The molecule has 2 aromatic carbocycles. The van der Waals surface area contributed by atoms with Crippen LogP contribution < -0.4 is 43.2 Å². The molecule has 0 spiro atoms. The highest BCUT2D eigenvalue weighted by Crippen LogP contribution is 2.46. The number of nitrogens with two attached hydrogens (primary N) is 1. The number of hydrogen-bond acceptors (Lipinski definition) is 13. The molecule has 10 N–H and O–H groups in total. The number of benzene rings is 2. The SMILES string of the molecule is CC[C@@]1(O)C(=O)OCc2c1cc1n(c2=O)Cc2c-1nc1cc(F)c(C)c3c1c2[C@@H](NC(=O)C(C)(C)CCNC(=O)CNC(=O)[C@H](Cc1ccccc1)NC(=O)CNC(=O)CNC(=O)[C@@H](N)CC(=O)O)CC3. The van der Waals surface area contributed by atoms with E-state index in [9.17, 15) is 48.3 Å². The highest BCUT2D eigenvalue weighted by molar-refractivity contribution is 5.95. The Hall–Kier alpha value is -7.59. The van der Waals surface area contributed by atoms with Crippen LogP contribution in [0.25, 0.3) is 22.3 Å². The molecule has 4 aromatic rings. The molecule has 4 heterocycles. The van der Waals surface area contributed by atoms with Crippen molar-refractivity contribution in [2.45, 2.75) is 103 Å². The second-order valence-corrected chi connectivity index (χ2v) is 18.6. The van der Waals surface area contributed by atoms with Crippen molar-refractivity contribution in [2.75, 3.05) is 26.2 Å². The molecule has 6 amide bonds. The van der Waals surface area contributed by atoms with Gasteiger partial charge in [-0.25, -0.2) is 14.2 Å². The molecule has 22 heteroatoms. The molecule has 3 aliphatic rings. The van der Waals surface area contributed by atoms with Crippen molar-refractivity contribution in [3.05, 3.63) is 97.6 Å². The van der Waals surface area contributed by atoms with Crippen LogP contribution in [0.2, 0.25) is 0 Å². The van der Waals surface area contributed by atoms with Gasteiger partial charge in [-0.15, -0.1) is 0 Å². The van der Waals surface area contributed by atoms with Gasteiger partial charge in [0.15, 0.2) is 5.60 Å². The zero-order valence-electron chi connectivity index (χ0n) is 39.6. The molecule has 0 fully saturated rings. The van der Waals surface area contributed by atoms with Crippen LogP contribution in [-0.4, -0.2) is 105 Å². The number of carboxylic acid groups (broad SMARTS) is 1. The zero-order valence-corrected chi connectivity index (χ0v) is 39.6. The number of cyclic esters (lactones) is 1. The molecule has 7 rings (SSSR count). The van der Waals surface area contributed by atoms with Gasteiger partial charge in [-0.05, 0) is 60.9 Å². The van der Waals surface area contributed by atoms with E-state index >= 15 is 4.39 Å². The third-order valence-electron chi connectivity index (χ3n) is 13.3. The van der Waals surface area contributed by atoms with Gasteiger partial charge in [-0.2, -0.15) is 0 Å². The number of amides is 6. The lowest BCUT2D eigenvalue weighted by atomic mass is 9.80. The molecule has 0 unspecified atom stereocenters. The minimum atomic E-state index is -2.05. The number of nitrogens with zero attached hydrogens (tertiary/aromatic N) is 2. The van der Waals surface area contributed by atoms with Gasteiger partial charge in [-0.3, -0.25) is 38.4 Å². The summed E-state index contributed by atoms with van der Waals surface area (Å²) in [5.41, 5.74) is 6.45. The Balaban J connectivity index is 0.976. The number of aryl methyl sites for hydroxylation is 1. The Morgan fingerprint density at radius 3 is 2.31 bits per heavy atom. The maximum atomic E-state index is 15.4. The minimum absolute atomic E-state index is 0.0277. The summed E-state index contributed by atoms with van der Waals surface area (Å²) < 4.78 is 22.2. The summed E-state index contributed by atoms with van der Waals surface area (Å²) in [7, 11) is 0. The first-order valence-corrected chi connectivity index (χ1v) is 23.2. The fourth-order valence-electron chi connectivity index (χ4n) is 9.16. The van der Waals surface area contributed by atoms with E-state index in [2.05, 4.69) is 31.9 Å². The minimum Gasteiger partial charge on any atom is -0.481 e. The Bertz CT molecular complexity index is 2920. The monoisotopic (exact) mass is 981 g/mol. The summed E-state index contributed by atoms with van der Waals surface area (Å²) in [5.74, 6) is -6.66. The number of pyridine rings is 2. The maximum Gasteiger partial charge on any atom is 0.343 e. The lowest BCUT2D eigenvalue weighted by Crippen LogP contribution is -2.52. The second kappa shape index (κ2) is 20.8. The Kier molecular flexibility index (Phi) is 15.0. The van der Waals surface area contributed by atoms with E-state index in [4.69, 9.17) is 20.6 Å². The lowest BCUT2D eigenvalue weighted by molar-refractivity contribution is -0.172. The van der Waals surface area contributed by atoms with E-state index in [1.54, 1.807) is 64.1 Å². The van der Waals surface area contributed by atoms with Gasteiger partial charge in [0.2, 0.25) is 35.4 Å². The normalized spacial score (nSPS) is 17.3. The van der Waals surface area contributed by atoms with Crippen molar-refractivity contribution in [1.29, 1.82) is 0 Å². The van der Waals surface area contributed by atoms with Crippen molar-refractivity contribution in [3.63, 3.8) is 0 Å². The lowest BCUT2D eigenvalue weighted by Gasteiger charge is -2.33. The number of ether oxygens (including phenoxy) is 1. The van der Waals surface area contributed by atoms with Crippen LogP contribution in [0.4, 0.5) is 4.39 Å². The molecule has 1 aliphatic carbocycles. The standard InChI is InChI=1S/C49H56FN9O12/c1-5-49(70)29-16-35-42-27(22-59(35)45(67)28(29)23-71-47(49)69)41-32(12-11-26-24(2)30(50)17-33(57-42)40(26)41)58-46(68)48(3,4)13-14-52-36(60)19-55-44(66)34(15-25-9-7-6-8-10-25)56-38(62)21-53-37(61)20-54-43(65)31(51)18-39(63)64/h6-10,16-17,31-32,34,70H,5,11-15,18-23,51H2,1-4H3,(H,52,60)(H,53,61)(H,54,65)(H,55,66)(H,56,62)(H,58,68)(H,63,64)/t31-,32-,34-,49-/m0/s1. The summed E-state index contributed by atoms with van der Waals surface area (Å²) in [6.45, 7) is 4.86. The van der Waals surface area contributed by atoms with Crippen LogP contribution in [0.15, 0.2) is 47.3 Å². The fraction of sp³-hybridized carbons (Fsp3) is 0.429. The number of carboxylic acids is 1. The number of halogens is 1. The molecule has 4 atom stereocenters. The number of hydrogen-bond donors (Lipinski definition) is 9. The molecule has 21 nitrogen and oxygen atoms in total. The van der Waals surface area contributed by atoms with Gasteiger partial charge in [0.25, 0.3) is 5.56 Å². The van der Waals surface area contributed by atoms with E-state index in [0.717, 1.165) is 5.56 Å². The molecular weight excluding hydrogens is 926 g/mol. The molecule has 0 bridgehead atoms. The van der Waals surface area contributed by atoms with Gasteiger partial charge in [-0.1, -0.05) is 51.1 Å². The van der Waals surface area contributed by atoms with E-state index in [-0.39, 0.29) is 56.0 Å². The van der Waals surface area contributed by atoms with Gasteiger partial charge in [0.05, 0.1) is 67.2 Å². The number of nitrogens with one attached hydrogen (secondary N) is 6. The van der Waals surface area contributed by atoms with Crippen molar-refractivity contribution >= 4 is 58.3 Å². The summed E-state index contributed by atoms with van der Waals surface area (Å²) >= 11 is 0. The number of aliphatic hydroxyl groups is 1. The number of carbonyl (C=O) groups excluding carboxylic acids is 7. The fourth-order valence-corrected chi connectivity index (χ4v) is 9.16. The summed E-state index contributed by atoms with van der Waals surface area (Å²) in [5, 5.41) is 36.3. The molecule has 0 saturated heterocycles. The molecule has 376 valence electrons. The second-order valence-electron chi connectivity index (χ2n) is 18.6. The van der Waals surface area contributed by atoms with Crippen LogP contribution in [0.5, 0.6) is 0 Å². The van der Waals surface area contributed by atoms with Gasteiger partial charge in [0.1, 0.15) is 18.5 Å². The molecule has 71 heavy (non-hydrogen) atoms. The number of fused-ring (bicyclic) bond motifs is 5.